The van der Waals surface area contributed by atoms with Crippen molar-refractivity contribution < 1.29 is 19.2 Å². The number of non-ortho nitro benzene ring substituents is 1. The molecule has 0 bridgehead atoms. The van der Waals surface area contributed by atoms with Crippen LogP contribution in [0.1, 0.15) is 23.2 Å². The number of benzene rings is 2. The number of nitro groups is 1. The van der Waals surface area contributed by atoms with E-state index in [-0.39, 0.29) is 24.2 Å². The highest BCUT2D eigenvalue weighted by Gasteiger charge is 2.26. The highest BCUT2D eigenvalue weighted by molar-refractivity contribution is 6.06. The van der Waals surface area contributed by atoms with Crippen molar-refractivity contribution in [2.24, 2.45) is 0 Å². The van der Waals surface area contributed by atoms with Crippen LogP contribution >= 0.6 is 0 Å². The lowest BCUT2D eigenvalue weighted by Crippen LogP contribution is -2.42. The molecular formula is C19H19N3O5. The van der Waals surface area contributed by atoms with Crippen molar-refractivity contribution in [3.63, 3.8) is 0 Å². The Morgan fingerprint density at radius 1 is 1.19 bits per heavy atom. The van der Waals surface area contributed by atoms with Crippen molar-refractivity contribution in [2.45, 2.75) is 12.8 Å². The van der Waals surface area contributed by atoms with Crippen molar-refractivity contribution in [3.8, 4) is 5.75 Å². The Hall–Kier alpha value is -3.42. The van der Waals surface area contributed by atoms with Gasteiger partial charge in [0.25, 0.3) is 11.6 Å². The second-order valence-electron chi connectivity index (χ2n) is 6.14. The van der Waals surface area contributed by atoms with Crippen LogP contribution in [0.4, 0.5) is 11.4 Å². The van der Waals surface area contributed by atoms with Crippen molar-refractivity contribution in [3.05, 3.63) is 64.2 Å². The number of likely N-dealkylation sites (tertiary alicyclic amines) is 1. The molecule has 0 aromatic heterocycles. The SMILES string of the molecule is COc1ccc(N(CN2CCCC2=O)C(=O)c2ccc([N+](=O)[O-])cc2)cc1. The lowest BCUT2D eigenvalue weighted by atomic mass is 10.1. The van der Waals surface area contributed by atoms with Crippen molar-refractivity contribution in [1.29, 1.82) is 0 Å². The zero-order chi connectivity index (χ0) is 19.4. The molecule has 0 aliphatic carbocycles. The molecule has 2 aromatic carbocycles. The fourth-order valence-electron chi connectivity index (χ4n) is 2.93. The first kappa shape index (κ1) is 18.4. The zero-order valence-electron chi connectivity index (χ0n) is 14.8. The Labute approximate surface area is 156 Å². The molecule has 1 aliphatic rings. The maximum absolute atomic E-state index is 13.1. The molecule has 0 saturated carbocycles. The Morgan fingerprint density at radius 3 is 2.37 bits per heavy atom. The molecule has 3 rings (SSSR count). The molecule has 0 atom stereocenters. The standard InChI is InChI=1S/C19H19N3O5/c1-27-17-10-8-15(9-11-17)21(13-20-12-2-3-18(20)23)19(24)14-4-6-16(7-5-14)22(25)26/h4-11H,2-3,12-13H2,1H3. The molecule has 2 aromatic rings. The van der Waals surface area contributed by atoms with Gasteiger partial charge in [0.15, 0.2) is 0 Å². The van der Waals surface area contributed by atoms with Crippen LogP contribution in [-0.4, -0.2) is 42.0 Å². The number of carbonyl (C=O) groups is 2. The highest BCUT2D eigenvalue weighted by Crippen LogP contribution is 2.24. The Bertz CT molecular complexity index is 849. The molecule has 140 valence electrons. The van der Waals surface area contributed by atoms with Gasteiger partial charge in [-0.05, 0) is 42.8 Å². The Kier molecular flexibility index (Phi) is 5.35. The van der Waals surface area contributed by atoms with E-state index in [9.17, 15) is 19.7 Å². The molecule has 1 fully saturated rings. The predicted octanol–water partition coefficient (Wildman–Crippen LogP) is 2.83. The van der Waals surface area contributed by atoms with E-state index in [0.29, 0.717) is 30.0 Å². The van der Waals surface area contributed by atoms with Gasteiger partial charge in [-0.1, -0.05) is 0 Å². The van der Waals surface area contributed by atoms with Gasteiger partial charge >= 0.3 is 0 Å². The van der Waals surface area contributed by atoms with Gasteiger partial charge in [0.1, 0.15) is 12.4 Å². The first-order valence-corrected chi connectivity index (χ1v) is 8.48. The largest absolute Gasteiger partial charge is 0.497 e. The van der Waals surface area contributed by atoms with E-state index >= 15 is 0 Å². The van der Waals surface area contributed by atoms with Crippen LogP contribution < -0.4 is 9.64 Å². The van der Waals surface area contributed by atoms with E-state index in [4.69, 9.17) is 4.74 Å². The zero-order valence-corrected chi connectivity index (χ0v) is 14.8. The first-order valence-electron chi connectivity index (χ1n) is 8.48. The molecule has 8 heteroatoms. The fraction of sp³-hybridized carbons (Fsp3) is 0.263. The molecule has 0 N–H and O–H groups in total. The average molecular weight is 369 g/mol. The lowest BCUT2D eigenvalue weighted by molar-refractivity contribution is -0.384. The summed E-state index contributed by atoms with van der Waals surface area (Å²) in [5.74, 6) is 0.318. The number of hydrogen-bond donors (Lipinski definition) is 0. The van der Waals surface area contributed by atoms with Gasteiger partial charge in [-0.2, -0.15) is 0 Å². The average Bonchev–Trinajstić information content (AvgIpc) is 3.10. The van der Waals surface area contributed by atoms with Gasteiger partial charge in [-0.15, -0.1) is 0 Å². The van der Waals surface area contributed by atoms with E-state index in [0.717, 1.165) is 6.42 Å². The summed E-state index contributed by atoms with van der Waals surface area (Å²) in [6.45, 7) is 0.722. The van der Waals surface area contributed by atoms with E-state index < -0.39 is 4.92 Å². The molecule has 1 saturated heterocycles. The minimum absolute atomic E-state index is 0.00464. The van der Waals surface area contributed by atoms with Crippen molar-refractivity contribution in [1.82, 2.24) is 4.90 Å². The minimum atomic E-state index is -0.515. The van der Waals surface area contributed by atoms with Gasteiger partial charge in [0, 0.05) is 36.3 Å². The quantitative estimate of drug-likeness (QED) is 0.577. The summed E-state index contributed by atoms with van der Waals surface area (Å²) < 4.78 is 5.15. The molecular weight excluding hydrogens is 350 g/mol. The Balaban J connectivity index is 1.90. The molecule has 0 radical (unpaired) electrons. The first-order chi connectivity index (χ1) is 13.0. The normalized spacial score (nSPS) is 13.5. The molecule has 8 nitrogen and oxygen atoms in total. The minimum Gasteiger partial charge on any atom is -0.497 e. The molecule has 0 spiro atoms. The smallest absolute Gasteiger partial charge is 0.269 e. The van der Waals surface area contributed by atoms with Gasteiger partial charge < -0.3 is 9.64 Å². The summed E-state index contributed by atoms with van der Waals surface area (Å²) in [6, 6.07) is 12.4. The Morgan fingerprint density at radius 2 is 1.85 bits per heavy atom. The van der Waals surface area contributed by atoms with Crippen LogP contribution in [0, 0.1) is 10.1 Å². The number of methoxy groups -OCH3 is 1. The third-order valence-electron chi connectivity index (χ3n) is 4.44. The molecule has 27 heavy (non-hydrogen) atoms. The van der Waals surface area contributed by atoms with E-state index in [1.807, 2.05) is 0 Å². The number of nitrogens with zero attached hydrogens (tertiary/aromatic N) is 3. The fourth-order valence-corrected chi connectivity index (χ4v) is 2.93. The van der Waals surface area contributed by atoms with Gasteiger partial charge in [-0.25, -0.2) is 0 Å². The van der Waals surface area contributed by atoms with E-state index in [2.05, 4.69) is 0 Å². The van der Waals surface area contributed by atoms with Gasteiger partial charge in [0.05, 0.1) is 12.0 Å². The summed E-state index contributed by atoms with van der Waals surface area (Å²) in [4.78, 5) is 38.5. The topological polar surface area (TPSA) is 93.0 Å². The maximum atomic E-state index is 13.1. The van der Waals surface area contributed by atoms with E-state index in [1.54, 1.807) is 36.3 Å². The number of anilines is 1. The number of carbonyl (C=O) groups excluding carboxylic acids is 2. The van der Waals surface area contributed by atoms with Crippen LogP contribution in [0.2, 0.25) is 0 Å². The number of rotatable bonds is 6. The predicted molar refractivity (Wildman–Crippen MR) is 98.7 cm³/mol. The summed E-state index contributed by atoms with van der Waals surface area (Å²) >= 11 is 0. The number of ether oxygens (including phenoxy) is 1. The number of nitro benzene ring substituents is 1. The second-order valence-corrected chi connectivity index (χ2v) is 6.14. The lowest BCUT2D eigenvalue weighted by Gasteiger charge is -2.28. The van der Waals surface area contributed by atoms with Crippen LogP contribution in [0.25, 0.3) is 0 Å². The van der Waals surface area contributed by atoms with Gasteiger partial charge in [-0.3, -0.25) is 24.6 Å². The monoisotopic (exact) mass is 369 g/mol. The van der Waals surface area contributed by atoms with Crippen LogP contribution in [0.5, 0.6) is 5.75 Å². The molecule has 1 aliphatic heterocycles. The number of amides is 2. The van der Waals surface area contributed by atoms with Crippen LogP contribution in [-0.2, 0) is 4.79 Å². The van der Waals surface area contributed by atoms with Crippen molar-refractivity contribution >= 4 is 23.2 Å². The summed E-state index contributed by atoms with van der Waals surface area (Å²) in [7, 11) is 1.55. The molecule has 2 amide bonds. The second kappa shape index (κ2) is 7.86. The maximum Gasteiger partial charge on any atom is 0.269 e. The third kappa shape index (κ3) is 4.05. The third-order valence-corrected chi connectivity index (χ3v) is 4.44. The summed E-state index contributed by atoms with van der Waals surface area (Å²) in [5, 5.41) is 10.8. The van der Waals surface area contributed by atoms with Crippen LogP contribution in [0.3, 0.4) is 0 Å². The van der Waals surface area contributed by atoms with Crippen LogP contribution in [0.15, 0.2) is 48.5 Å². The highest BCUT2D eigenvalue weighted by atomic mass is 16.6. The number of hydrogen-bond acceptors (Lipinski definition) is 5. The summed E-state index contributed by atoms with van der Waals surface area (Å²) in [5.41, 5.74) is 0.833. The van der Waals surface area contributed by atoms with Gasteiger partial charge in [0.2, 0.25) is 5.91 Å². The van der Waals surface area contributed by atoms with Crippen molar-refractivity contribution in [2.75, 3.05) is 25.2 Å². The van der Waals surface area contributed by atoms with E-state index in [1.165, 1.54) is 29.2 Å². The summed E-state index contributed by atoms with van der Waals surface area (Å²) in [6.07, 6.45) is 1.24. The molecule has 0 unspecified atom stereocenters. The molecule has 1 heterocycles.